The third kappa shape index (κ3) is 6.60. The van der Waals surface area contributed by atoms with Gasteiger partial charge in [-0.2, -0.15) is 0 Å². The number of aryl methyl sites for hydroxylation is 1. The highest BCUT2D eigenvalue weighted by atomic mass is 14.6. The Kier molecular flexibility index (Phi) is 7.75. The number of hydrogen-bond acceptors (Lipinski definition) is 0. The molecule has 0 spiro atoms. The van der Waals surface area contributed by atoms with Crippen molar-refractivity contribution in [2.75, 3.05) is 0 Å². The normalized spacial score (nSPS) is 10.6. The molecule has 0 radical (unpaired) electrons. The second kappa shape index (κ2) is 9.38. The molecule has 1 aromatic heterocycles. The zero-order valence-electron chi connectivity index (χ0n) is 10.7. The first-order valence-electron chi connectivity index (χ1n) is 6.88. The summed E-state index contributed by atoms with van der Waals surface area (Å²) in [7, 11) is 0. The molecule has 0 fully saturated rings. The molecule has 0 saturated carbocycles. The lowest BCUT2D eigenvalue weighted by atomic mass is 10.1. The van der Waals surface area contributed by atoms with Gasteiger partial charge in [0.25, 0.3) is 0 Å². The van der Waals surface area contributed by atoms with Crippen molar-refractivity contribution >= 4 is 0 Å². The molecule has 0 aliphatic rings. The fraction of sp³-hybridized carbons (Fsp3) is 0.667. The summed E-state index contributed by atoms with van der Waals surface area (Å²) in [5.74, 6) is 0. The molecule has 0 amide bonds. The van der Waals surface area contributed by atoms with Crippen LogP contribution in [0.25, 0.3) is 0 Å². The summed E-state index contributed by atoms with van der Waals surface area (Å²) < 4.78 is 0. The third-order valence-electron chi connectivity index (χ3n) is 3.09. The van der Waals surface area contributed by atoms with Crippen LogP contribution in [0.3, 0.4) is 0 Å². The highest BCUT2D eigenvalue weighted by Crippen LogP contribution is 2.10. The molecule has 0 saturated heterocycles. The Morgan fingerprint density at radius 1 is 0.938 bits per heavy atom. The number of pyridine rings is 1. The molecule has 16 heavy (non-hydrogen) atoms. The first-order chi connectivity index (χ1) is 7.93. The zero-order valence-corrected chi connectivity index (χ0v) is 10.7. The Morgan fingerprint density at radius 3 is 2.25 bits per heavy atom. The van der Waals surface area contributed by atoms with Crippen molar-refractivity contribution in [1.29, 1.82) is 0 Å². The molecule has 1 rings (SSSR count). The van der Waals surface area contributed by atoms with E-state index in [0.717, 1.165) is 0 Å². The Balaban J connectivity index is 1.89. The van der Waals surface area contributed by atoms with Crippen LogP contribution < -0.4 is 4.98 Å². The van der Waals surface area contributed by atoms with Crippen LogP contribution in [-0.4, -0.2) is 0 Å². The maximum absolute atomic E-state index is 3.14. The smallest absolute Gasteiger partial charge is 0.170 e. The van der Waals surface area contributed by atoms with Crippen molar-refractivity contribution in [2.45, 2.75) is 64.7 Å². The van der Waals surface area contributed by atoms with Crippen LogP contribution in [-0.2, 0) is 6.42 Å². The van der Waals surface area contributed by atoms with E-state index in [1.165, 1.54) is 63.4 Å². The minimum absolute atomic E-state index is 1.23. The molecule has 0 atom stereocenters. The average Bonchev–Trinajstić information content (AvgIpc) is 2.34. The number of hydrogen-bond donors (Lipinski definition) is 0. The highest BCUT2D eigenvalue weighted by molar-refractivity contribution is 5.04. The molecular formula is C15H26N+. The van der Waals surface area contributed by atoms with Crippen molar-refractivity contribution < 1.29 is 4.98 Å². The van der Waals surface area contributed by atoms with Gasteiger partial charge in [0.15, 0.2) is 12.4 Å². The predicted molar refractivity (Wildman–Crippen MR) is 69.3 cm³/mol. The molecule has 0 aliphatic heterocycles. The molecule has 90 valence electrons. The number of rotatable bonds is 9. The van der Waals surface area contributed by atoms with Crippen molar-refractivity contribution in [1.82, 2.24) is 0 Å². The molecule has 1 N–H and O–H groups in total. The molecule has 1 aromatic rings. The lowest BCUT2D eigenvalue weighted by Gasteiger charge is -2.01. The lowest BCUT2D eigenvalue weighted by molar-refractivity contribution is -0.378. The molecule has 0 aliphatic carbocycles. The van der Waals surface area contributed by atoms with Gasteiger partial charge in [0.1, 0.15) is 0 Å². The minimum atomic E-state index is 1.23. The molecule has 1 heteroatoms. The number of H-pyrrole nitrogens is 1. The van der Waals surface area contributed by atoms with E-state index in [1.807, 2.05) is 6.20 Å². The quantitative estimate of drug-likeness (QED) is 0.554. The van der Waals surface area contributed by atoms with E-state index in [0.29, 0.717) is 0 Å². The SMILES string of the molecule is CCCCCCCCCCc1ccc[nH+]c1. The summed E-state index contributed by atoms with van der Waals surface area (Å²) >= 11 is 0. The van der Waals surface area contributed by atoms with Crippen LogP contribution in [0.15, 0.2) is 24.5 Å². The lowest BCUT2D eigenvalue weighted by Crippen LogP contribution is -2.00. The Hall–Kier alpha value is -0.850. The van der Waals surface area contributed by atoms with Gasteiger partial charge < -0.3 is 0 Å². The van der Waals surface area contributed by atoms with Gasteiger partial charge in [-0.15, -0.1) is 0 Å². The monoisotopic (exact) mass is 220 g/mol. The van der Waals surface area contributed by atoms with Crippen molar-refractivity contribution in [2.24, 2.45) is 0 Å². The van der Waals surface area contributed by atoms with E-state index in [9.17, 15) is 0 Å². The number of aromatic amines is 1. The van der Waals surface area contributed by atoms with Crippen molar-refractivity contribution in [3.05, 3.63) is 30.1 Å². The van der Waals surface area contributed by atoms with E-state index in [-0.39, 0.29) is 0 Å². The second-order valence-electron chi connectivity index (χ2n) is 4.64. The largest absolute Gasteiger partial charge is 0.218 e. The second-order valence-corrected chi connectivity index (χ2v) is 4.64. The van der Waals surface area contributed by atoms with E-state index in [4.69, 9.17) is 0 Å². The molecule has 1 nitrogen and oxygen atoms in total. The van der Waals surface area contributed by atoms with Gasteiger partial charge in [-0.1, -0.05) is 51.9 Å². The first kappa shape index (κ1) is 13.2. The Labute approximate surface area is 100 Å². The van der Waals surface area contributed by atoms with E-state index in [2.05, 4.69) is 30.2 Å². The number of aromatic nitrogens is 1. The average molecular weight is 220 g/mol. The Bertz CT molecular complexity index is 243. The molecule has 0 aromatic carbocycles. The van der Waals surface area contributed by atoms with Crippen molar-refractivity contribution in [3.63, 3.8) is 0 Å². The number of nitrogens with one attached hydrogen (secondary N) is 1. The Morgan fingerprint density at radius 2 is 1.62 bits per heavy atom. The molecule has 0 unspecified atom stereocenters. The maximum Gasteiger partial charge on any atom is 0.170 e. The molecule has 0 bridgehead atoms. The minimum Gasteiger partial charge on any atom is -0.218 e. The van der Waals surface area contributed by atoms with Gasteiger partial charge in [-0.25, -0.2) is 4.98 Å². The van der Waals surface area contributed by atoms with E-state index in [1.54, 1.807) is 0 Å². The summed E-state index contributed by atoms with van der Waals surface area (Å²) in [6.07, 6.45) is 16.5. The standard InChI is InChI=1S/C15H25N/c1-2-3-4-5-6-7-8-9-11-15-12-10-13-16-14-15/h10,12-14H,2-9,11H2,1H3/p+1. The van der Waals surface area contributed by atoms with Crippen LogP contribution >= 0.6 is 0 Å². The summed E-state index contributed by atoms with van der Waals surface area (Å²) in [6, 6.07) is 4.29. The summed E-state index contributed by atoms with van der Waals surface area (Å²) in [5.41, 5.74) is 1.44. The van der Waals surface area contributed by atoms with Crippen LogP contribution in [0.4, 0.5) is 0 Å². The zero-order chi connectivity index (χ0) is 11.5. The van der Waals surface area contributed by atoms with E-state index < -0.39 is 0 Å². The number of unbranched alkanes of at least 4 members (excludes halogenated alkanes) is 7. The van der Waals surface area contributed by atoms with E-state index >= 15 is 0 Å². The van der Waals surface area contributed by atoms with Gasteiger partial charge in [-0.05, 0) is 18.9 Å². The highest BCUT2D eigenvalue weighted by Gasteiger charge is 1.95. The van der Waals surface area contributed by atoms with Crippen LogP contribution in [0.5, 0.6) is 0 Å². The topological polar surface area (TPSA) is 14.1 Å². The summed E-state index contributed by atoms with van der Waals surface area (Å²) in [5, 5.41) is 0. The predicted octanol–water partition coefficient (Wildman–Crippen LogP) is 4.18. The fourth-order valence-electron chi connectivity index (χ4n) is 2.05. The fourth-order valence-corrected chi connectivity index (χ4v) is 2.05. The van der Waals surface area contributed by atoms with Crippen molar-refractivity contribution in [3.8, 4) is 0 Å². The molecule has 1 heterocycles. The van der Waals surface area contributed by atoms with Crippen LogP contribution in [0.2, 0.25) is 0 Å². The first-order valence-corrected chi connectivity index (χ1v) is 6.88. The molecular weight excluding hydrogens is 194 g/mol. The van der Waals surface area contributed by atoms with Gasteiger partial charge in [-0.3, -0.25) is 0 Å². The van der Waals surface area contributed by atoms with Gasteiger partial charge >= 0.3 is 0 Å². The van der Waals surface area contributed by atoms with Gasteiger partial charge in [0, 0.05) is 11.6 Å². The van der Waals surface area contributed by atoms with Crippen LogP contribution in [0.1, 0.15) is 63.9 Å². The van der Waals surface area contributed by atoms with Gasteiger partial charge in [0.2, 0.25) is 0 Å². The van der Waals surface area contributed by atoms with Crippen LogP contribution in [0, 0.1) is 0 Å². The summed E-state index contributed by atoms with van der Waals surface area (Å²) in [4.78, 5) is 3.14. The van der Waals surface area contributed by atoms with Gasteiger partial charge in [0.05, 0.1) is 0 Å². The summed E-state index contributed by atoms with van der Waals surface area (Å²) in [6.45, 7) is 2.27. The third-order valence-corrected chi connectivity index (χ3v) is 3.09. The maximum atomic E-state index is 3.14.